The second-order valence-electron chi connectivity index (χ2n) is 4.34. The molecule has 1 heterocycles. The summed E-state index contributed by atoms with van der Waals surface area (Å²) in [5, 5.41) is 14.6. The molecule has 0 saturated heterocycles. The average molecular weight is 291 g/mol. The Labute approximate surface area is 122 Å². The minimum atomic E-state index is -0.948. The van der Waals surface area contributed by atoms with Gasteiger partial charge in [0.25, 0.3) is 0 Å². The predicted molar refractivity (Wildman–Crippen MR) is 80.9 cm³/mol. The van der Waals surface area contributed by atoms with E-state index < -0.39 is 5.97 Å². The number of hydrogen-bond acceptors (Lipinski definition) is 4. The molecule has 106 valence electrons. The zero-order valence-electron chi connectivity index (χ0n) is 11.4. The van der Waals surface area contributed by atoms with E-state index >= 15 is 0 Å². The third-order valence-electron chi connectivity index (χ3n) is 3.08. The van der Waals surface area contributed by atoms with Crippen molar-refractivity contribution >= 4 is 23.0 Å². The first kappa shape index (κ1) is 14.4. The molecule has 0 fully saturated rings. The highest BCUT2D eigenvalue weighted by atomic mass is 32.1. The molecule has 2 N–H and O–H groups in total. The van der Waals surface area contributed by atoms with Crippen LogP contribution in [0, 0.1) is 0 Å². The maximum absolute atomic E-state index is 11.3. The molecule has 2 aromatic rings. The molecule has 0 radical (unpaired) electrons. The lowest BCUT2D eigenvalue weighted by atomic mass is 10.1. The number of benzene rings is 1. The van der Waals surface area contributed by atoms with Gasteiger partial charge in [0.05, 0.1) is 24.4 Å². The fourth-order valence-electron chi connectivity index (χ4n) is 2.01. The van der Waals surface area contributed by atoms with Crippen LogP contribution in [-0.4, -0.2) is 18.2 Å². The largest absolute Gasteiger partial charge is 0.497 e. The van der Waals surface area contributed by atoms with Crippen LogP contribution in [0.25, 0.3) is 0 Å². The Morgan fingerprint density at radius 2 is 2.25 bits per heavy atom. The summed E-state index contributed by atoms with van der Waals surface area (Å²) in [5.74, 6) is -0.310. The molecule has 0 aliphatic rings. The minimum Gasteiger partial charge on any atom is -0.497 e. The molecular weight excluding hydrogens is 274 g/mol. The number of methoxy groups -OCH3 is 1. The number of ether oxygens (including phenoxy) is 1. The topological polar surface area (TPSA) is 58.6 Å². The van der Waals surface area contributed by atoms with Gasteiger partial charge >= 0.3 is 5.97 Å². The number of carbonyl (C=O) groups is 1. The number of hydrogen-bond donors (Lipinski definition) is 2. The molecule has 0 saturated carbocycles. The monoisotopic (exact) mass is 291 g/mol. The molecule has 0 bridgehead atoms. The van der Waals surface area contributed by atoms with Crippen molar-refractivity contribution in [1.82, 2.24) is 0 Å². The van der Waals surface area contributed by atoms with Crippen LogP contribution in [-0.2, 0) is 0 Å². The molecule has 5 heteroatoms. The van der Waals surface area contributed by atoms with Crippen molar-refractivity contribution in [3.05, 3.63) is 46.2 Å². The lowest BCUT2D eigenvalue weighted by Crippen LogP contribution is -2.12. The molecule has 2 rings (SSSR count). The summed E-state index contributed by atoms with van der Waals surface area (Å²) in [7, 11) is 1.57. The Kier molecular flexibility index (Phi) is 4.63. The summed E-state index contributed by atoms with van der Waals surface area (Å²) in [6.45, 7) is 2.07. The molecule has 0 aliphatic heterocycles. The van der Waals surface area contributed by atoms with Gasteiger partial charge in [-0.15, -0.1) is 11.3 Å². The fraction of sp³-hybridized carbons (Fsp3) is 0.267. The predicted octanol–water partition coefficient (Wildman–Crippen LogP) is 4.02. The van der Waals surface area contributed by atoms with Crippen molar-refractivity contribution in [3.8, 4) is 5.75 Å². The van der Waals surface area contributed by atoms with E-state index in [1.54, 1.807) is 36.6 Å². The van der Waals surface area contributed by atoms with E-state index in [4.69, 9.17) is 4.74 Å². The van der Waals surface area contributed by atoms with Gasteiger partial charge in [-0.05, 0) is 30.0 Å². The first-order chi connectivity index (χ1) is 9.65. The quantitative estimate of drug-likeness (QED) is 0.844. The molecule has 1 aromatic carbocycles. The number of anilines is 1. The Balaban J connectivity index is 2.33. The van der Waals surface area contributed by atoms with E-state index in [1.807, 2.05) is 17.5 Å². The summed E-state index contributed by atoms with van der Waals surface area (Å²) in [5.41, 5.74) is 0.831. The fourth-order valence-corrected chi connectivity index (χ4v) is 2.87. The van der Waals surface area contributed by atoms with E-state index in [0.717, 1.165) is 6.42 Å². The first-order valence-electron chi connectivity index (χ1n) is 6.37. The zero-order valence-corrected chi connectivity index (χ0v) is 12.2. The Morgan fingerprint density at radius 1 is 1.45 bits per heavy atom. The second kappa shape index (κ2) is 6.43. The molecule has 4 nitrogen and oxygen atoms in total. The average Bonchev–Trinajstić information content (AvgIpc) is 2.98. The van der Waals surface area contributed by atoms with Gasteiger partial charge in [0.15, 0.2) is 0 Å². The van der Waals surface area contributed by atoms with E-state index in [1.165, 1.54) is 4.88 Å². The van der Waals surface area contributed by atoms with Crippen LogP contribution in [0.4, 0.5) is 5.69 Å². The van der Waals surface area contributed by atoms with Crippen LogP contribution in [0.3, 0.4) is 0 Å². The number of carboxylic acids is 1. The maximum atomic E-state index is 11.3. The molecule has 1 aromatic heterocycles. The van der Waals surface area contributed by atoms with Crippen molar-refractivity contribution in [2.75, 3.05) is 12.4 Å². The molecule has 1 unspecified atom stereocenters. The highest BCUT2D eigenvalue weighted by Crippen LogP contribution is 2.30. The Hall–Kier alpha value is -2.01. The highest BCUT2D eigenvalue weighted by molar-refractivity contribution is 7.10. The first-order valence-corrected chi connectivity index (χ1v) is 7.25. The third-order valence-corrected chi connectivity index (χ3v) is 4.07. The van der Waals surface area contributed by atoms with E-state index in [0.29, 0.717) is 11.4 Å². The van der Waals surface area contributed by atoms with Crippen LogP contribution in [0.15, 0.2) is 35.7 Å². The molecule has 20 heavy (non-hydrogen) atoms. The lowest BCUT2D eigenvalue weighted by molar-refractivity contribution is 0.0698. The van der Waals surface area contributed by atoms with Crippen LogP contribution in [0.5, 0.6) is 5.75 Å². The minimum absolute atomic E-state index is 0.0974. The van der Waals surface area contributed by atoms with Gasteiger partial charge in [-0.2, -0.15) is 0 Å². The zero-order chi connectivity index (χ0) is 14.5. The van der Waals surface area contributed by atoms with E-state index in [9.17, 15) is 9.90 Å². The van der Waals surface area contributed by atoms with Crippen molar-refractivity contribution in [1.29, 1.82) is 0 Å². The summed E-state index contributed by atoms with van der Waals surface area (Å²) in [6, 6.07) is 9.08. The lowest BCUT2D eigenvalue weighted by Gasteiger charge is -2.19. The van der Waals surface area contributed by atoms with Crippen LogP contribution in [0.1, 0.15) is 34.6 Å². The number of nitrogens with one attached hydrogen (secondary N) is 1. The van der Waals surface area contributed by atoms with Gasteiger partial charge in [0.1, 0.15) is 5.75 Å². The van der Waals surface area contributed by atoms with Gasteiger partial charge < -0.3 is 15.2 Å². The standard InChI is InChI=1S/C15H17NO3S/c1-3-12(14-5-4-8-20-14)16-13-9-10(19-2)6-7-11(13)15(17)18/h4-9,12,16H,3H2,1-2H3,(H,17,18). The van der Waals surface area contributed by atoms with Crippen molar-refractivity contribution in [2.45, 2.75) is 19.4 Å². The number of thiophene rings is 1. The summed E-state index contributed by atoms with van der Waals surface area (Å²) in [6.07, 6.45) is 0.872. The molecular formula is C15H17NO3S. The second-order valence-corrected chi connectivity index (χ2v) is 5.32. The van der Waals surface area contributed by atoms with E-state index in [-0.39, 0.29) is 11.6 Å². The molecule has 0 aliphatic carbocycles. The van der Waals surface area contributed by atoms with Crippen LogP contribution < -0.4 is 10.1 Å². The number of carboxylic acid groups (broad SMARTS) is 1. The van der Waals surface area contributed by atoms with Crippen LogP contribution >= 0.6 is 11.3 Å². The van der Waals surface area contributed by atoms with Gasteiger partial charge in [0, 0.05) is 10.9 Å². The SMILES string of the molecule is CCC(Nc1cc(OC)ccc1C(=O)O)c1cccs1. The molecule has 1 atom stereocenters. The van der Waals surface area contributed by atoms with Crippen LogP contribution in [0.2, 0.25) is 0 Å². The maximum Gasteiger partial charge on any atom is 0.337 e. The summed E-state index contributed by atoms with van der Waals surface area (Å²) < 4.78 is 5.17. The number of rotatable bonds is 6. The van der Waals surface area contributed by atoms with E-state index in [2.05, 4.69) is 12.2 Å². The van der Waals surface area contributed by atoms with Crippen molar-refractivity contribution in [3.63, 3.8) is 0 Å². The van der Waals surface area contributed by atoms with Gasteiger partial charge in [-0.25, -0.2) is 4.79 Å². The van der Waals surface area contributed by atoms with Gasteiger partial charge in [-0.3, -0.25) is 0 Å². The van der Waals surface area contributed by atoms with Gasteiger partial charge in [0.2, 0.25) is 0 Å². The summed E-state index contributed by atoms with van der Waals surface area (Å²) in [4.78, 5) is 12.5. The van der Waals surface area contributed by atoms with Crippen molar-refractivity contribution in [2.24, 2.45) is 0 Å². The van der Waals surface area contributed by atoms with Crippen molar-refractivity contribution < 1.29 is 14.6 Å². The smallest absolute Gasteiger partial charge is 0.337 e. The third kappa shape index (κ3) is 3.11. The Bertz CT molecular complexity index is 581. The Morgan fingerprint density at radius 3 is 2.80 bits per heavy atom. The molecule has 0 amide bonds. The normalized spacial score (nSPS) is 11.9. The molecule has 0 spiro atoms. The highest BCUT2D eigenvalue weighted by Gasteiger charge is 2.16. The van der Waals surface area contributed by atoms with Gasteiger partial charge in [-0.1, -0.05) is 13.0 Å². The number of aromatic carboxylic acids is 1. The summed E-state index contributed by atoms with van der Waals surface area (Å²) >= 11 is 1.66.